The van der Waals surface area contributed by atoms with Gasteiger partial charge in [-0.15, -0.1) is 11.8 Å². The van der Waals surface area contributed by atoms with Crippen molar-refractivity contribution >= 4 is 17.4 Å². The van der Waals surface area contributed by atoms with Crippen molar-refractivity contribution in [3.63, 3.8) is 0 Å². The minimum absolute atomic E-state index is 0.528. The van der Waals surface area contributed by atoms with Crippen LogP contribution in [-0.2, 0) is 0 Å². The smallest absolute Gasteiger partial charge is 0.0343 e. The van der Waals surface area contributed by atoms with Crippen molar-refractivity contribution in [1.82, 2.24) is 0 Å². The number of hydrogen-bond acceptors (Lipinski definition) is 2. The van der Waals surface area contributed by atoms with Gasteiger partial charge in [-0.25, -0.2) is 0 Å². The van der Waals surface area contributed by atoms with Crippen LogP contribution in [-0.4, -0.2) is 12.3 Å². The van der Waals surface area contributed by atoms with Gasteiger partial charge in [0.25, 0.3) is 0 Å². The van der Waals surface area contributed by atoms with Crippen LogP contribution in [0.1, 0.15) is 40.0 Å². The molecule has 2 heteroatoms. The van der Waals surface area contributed by atoms with Crippen LogP contribution < -0.4 is 5.32 Å². The second-order valence-electron chi connectivity index (χ2n) is 6.36. The van der Waals surface area contributed by atoms with E-state index in [1.54, 1.807) is 11.8 Å². The highest BCUT2D eigenvalue weighted by molar-refractivity contribution is 7.98. The summed E-state index contributed by atoms with van der Waals surface area (Å²) in [6.45, 7) is 7.18. The maximum absolute atomic E-state index is 3.71. The average molecular weight is 263 g/mol. The van der Waals surface area contributed by atoms with Gasteiger partial charge < -0.3 is 5.32 Å². The van der Waals surface area contributed by atoms with E-state index in [1.165, 1.54) is 29.8 Å². The Bertz CT molecular complexity index is 383. The lowest BCUT2D eigenvalue weighted by Gasteiger charge is -2.40. The Labute approximate surface area is 116 Å². The van der Waals surface area contributed by atoms with Gasteiger partial charge in [-0.2, -0.15) is 0 Å². The molecule has 1 N–H and O–H groups in total. The van der Waals surface area contributed by atoms with Crippen LogP contribution in [0.3, 0.4) is 0 Å². The number of thioether (sulfide) groups is 1. The molecular weight excluding hydrogens is 238 g/mol. The summed E-state index contributed by atoms with van der Waals surface area (Å²) in [5, 5.41) is 3.71. The first kappa shape index (κ1) is 13.8. The van der Waals surface area contributed by atoms with Crippen molar-refractivity contribution < 1.29 is 0 Å². The van der Waals surface area contributed by atoms with E-state index in [0.717, 1.165) is 5.92 Å². The zero-order valence-electron chi connectivity index (χ0n) is 12.0. The van der Waals surface area contributed by atoms with Gasteiger partial charge >= 0.3 is 0 Å². The van der Waals surface area contributed by atoms with Crippen LogP contribution >= 0.6 is 11.8 Å². The first-order chi connectivity index (χ1) is 8.50. The van der Waals surface area contributed by atoms with E-state index in [9.17, 15) is 0 Å². The van der Waals surface area contributed by atoms with Gasteiger partial charge in [-0.3, -0.25) is 0 Å². The normalized spacial score (nSPS) is 26.9. The second-order valence-corrected chi connectivity index (χ2v) is 7.24. The lowest BCUT2D eigenvalue weighted by Crippen LogP contribution is -2.36. The van der Waals surface area contributed by atoms with Gasteiger partial charge in [0.2, 0.25) is 0 Å². The predicted octanol–water partition coefficient (Wildman–Crippen LogP) is 5.04. The SMILES string of the molecule is CSc1ccc(NC2CCC(C)(C)CC2C)cc1. The van der Waals surface area contributed by atoms with Crippen molar-refractivity contribution in [3.8, 4) is 0 Å². The molecule has 1 nitrogen and oxygen atoms in total. The summed E-state index contributed by atoms with van der Waals surface area (Å²) in [4.78, 5) is 1.33. The van der Waals surface area contributed by atoms with E-state index < -0.39 is 0 Å². The molecule has 0 saturated heterocycles. The number of nitrogens with one attached hydrogen (secondary N) is 1. The van der Waals surface area contributed by atoms with Crippen molar-refractivity contribution in [2.24, 2.45) is 11.3 Å². The topological polar surface area (TPSA) is 12.0 Å². The number of benzene rings is 1. The third-order valence-electron chi connectivity index (χ3n) is 4.14. The number of anilines is 1. The highest BCUT2D eigenvalue weighted by Crippen LogP contribution is 2.39. The molecule has 0 heterocycles. The van der Waals surface area contributed by atoms with Crippen molar-refractivity contribution in [2.75, 3.05) is 11.6 Å². The first-order valence-electron chi connectivity index (χ1n) is 6.91. The molecular formula is C16H25NS. The molecule has 2 rings (SSSR count). The van der Waals surface area contributed by atoms with Gasteiger partial charge in [0.15, 0.2) is 0 Å². The Morgan fingerprint density at radius 2 is 1.89 bits per heavy atom. The molecule has 0 aliphatic heterocycles. The summed E-state index contributed by atoms with van der Waals surface area (Å²) in [6, 6.07) is 9.45. The Morgan fingerprint density at radius 1 is 1.22 bits per heavy atom. The summed E-state index contributed by atoms with van der Waals surface area (Å²) in [5.41, 5.74) is 1.80. The van der Waals surface area contributed by atoms with Crippen LogP contribution in [0.4, 0.5) is 5.69 Å². The van der Waals surface area contributed by atoms with E-state index in [2.05, 4.69) is 56.6 Å². The van der Waals surface area contributed by atoms with E-state index >= 15 is 0 Å². The second kappa shape index (κ2) is 5.56. The highest BCUT2D eigenvalue weighted by atomic mass is 32.2. The van der Waals surface area contributed by atoms with Crippen LogP contribution in [0.25, 0.3) is 0 Å². The van der Waals surface area contributed by atoms with Gasteiger partial charge in [0.05, 0.1) is 0 Å². The molecule has 0 radical (unpaired) electrons. The zero-order valence-corrected chi connectivity index (χ0v) is 12.8. The largest absolute Gasteiger partial charge is 0.382 e. The summed E-state index contributed by atoms with van der Waals surface area (Å²) >= 11 is 1.80. The lowest BCUT2D eigenvalue weighted by atomic mass is 9.70. The maximum atomic E-state index is 3.71. The third-order valence-corrected chi connectivity index (χ3v) is 4.88. The standard InChI is InChI=1S/C16H25NS/c1-12-11-16(2,3)10-9-15(12)17-13-5-7-14(18-4)8-6-13/h5-8,12,15,17H,9-11H2,1-4H3. The molecule has 1 aliphatic rings. The first-order valence-corrected chi connectivity index (χ1v) is 8.13. The Morgan fingerprint density at radius 3 is 2.44 bits per heavy atom. The van der Waals surface area contributed by atoms with Gasteiger partial charge in [-0.05, 0) is 61.1 Å². The number of rotatable bonds is 3. The molecule has 0 aromatic heterocycles. The molecule has 0 bridgehead atoms. The highest BCUT2D eigenvalue weighted by Gasteiger charge is 2.32. The van der Waals surface area contributed by atoms with E-state index in [4.69, 9.17) is 0 Å². The van der Waals surface area contributed by atoms with Crippen LogP contribution in [0.15, 0.2) is 29.2 Å². The van der Waals surface area contributed by atoms with Crippen molar-refractivity contribution in [3.05, 3.63) is 24.3 Å². The molecule has 0 spiro atoms. The average Bonchev–Trinajstić information content (AvgIpc) is 2.33. The zero-order chi connectivity index (χ0) is 13.2. The summed E-state index contributed by atoms with van der Waals surface area (Å²) < 4.78 is 0. The van der Waals surface area contributed by atoms with Gasteiger partial charge in [0, 0.05) is 16.6 Å². The van der Waals surface area contributed by atoms with E-state index in [0.29, 0.717) is 11.5 Å². The molecule has 1 saturated carbocycles. The maximum Gasteiger partial charge on any atom is 0.0343 e. The minimum Gasteiger partial charge on any atom is -0.382 e. The molecule has 1 aromatic rings. The summed E-state index contributed by atoms with van der Waals surface area (Å²) in [7, 11) is 0. The lowest BCUT2D eigenvalue weighted by molar-refractivity contribution is 0.177. The molecule has 1 aromatic carbocycles. The summed E-state index contributed by atoms with van der Waals surface area (Å²) in [6.07, 6.45) is 6.07. The monoisotopic (exact) mass is 263 g/mol. The molecule has 18 heavy (non-hydrogen) atoms. The fraction of sp³-hybridized carbons (Fsp3) is 0.625. The van der Waals surface area contributed by atoms with Gasteiger partial charge in [-0.1, -0.05) is 20.8 Å². The van der Waals surface area contributed by atoms with Crippen LogP contribution in [0.2, 0.25) is 0 Å². The number of hydrogen-bond donors (Lipinski definition) is 1. The van der Waals surface area contributed by atoms with Crippen LogP contribution in [0.5, 0.6) is 0 Å². The Kier molecular flexibility index (Phi) is 4.26. The minimum atomic E-state index is 0.528. The van der Waals surface area contributed by atoms with Crippen molar-refractivity contribution in [1.29, 1.82) is 0 Å². The molecule has 100 valence electrons. The van der Waals surface area contributed by atoms with E-state index in [1.807, 2.05) is 0 Å². The van der Waals surface area contributed by atoms with Gasteiger partial charge in [0.1, 0.15) is 0 Å². The fourth-order valence-electron chi connectivity index (χ4n) is 3.06. The fourth-order valence-corrected chi connectivity index (χ4v) is 3.47. The molecule has 2 unspecified atom stereocenters. The predicted molar refractivity (Wildman–Crippen MR) is 82.4 cm³/mol. The third kappa shape index (κ3) is 3.44. The molecule has 0 amide bonds. The summed E-state index contributed by atoms with van der Waals surface area (Å²) in [5.74, 6) is 0.758. The van der Waals surface area contributed by atoms with Crippen molar-refractivity contribution in [2.45, 2.75) is 51.0 Å². The Hall–Kier alpha value is -0.630. The Balaban J connectivity index is 1.97. The molecule has 2 atom stereocenters. The van der Waals surface area contributed by atoms with E-state index in [-0.39, 0.29) is 0 Å². The molecule has 1 fully saturated rings. The van der Waals surface area contributed by atoms with Crippen LogP contribution in [0, 0.1) is 11.3 Å². The molecule has 1 aliphatic carbocycles. The quantitative estimate of drug-likeness (QED) is 0.767.